The molecule has 0 fully saturated rings. The molecule has 0 bridgehead atoms. The predicted octanol–water partition coefficient (Wildman–Crippen LogP) is 3.48. The van der Waals surface area contributed by atoms with Gasteiger partial charge < -0.3 is 5.32 Å². The molecular weight excluding hydrogens is 297 g/mol. The zero-order valence-corrected chi connectivity index (χ0v) is 12.8. The molecule has 4 heteroatoms. The van der Waals surface area contributed by atoms with E-state index in [-0.39, 0.29) is 18.3 Å². The quantitative estimate of drug-likeness (QED) is 0.676. The Morgan fingerprint density at radius 1 is 1.09 bits per heavy atom. The number of rotatable bonds is 5. The molecule has 2 aromatic rings. The molecule has 0 atom stereocenters. The third-order valence-electron chi connectivity index (χ3n) is 2.81. The summed E-state index contributed by atoms with van der Waals surface area (Å²) in [6, 6.07) is 16.3. The number of carbonyl (C=O) groups excluding carboxylic acids is 1. The normalized spacial score (nSPS) is 9.68. The summed E-state index contributed by atoms with van der Waals surface area (Å²) >= 11 is 1.64. The van der Waals surface area contributed by atoms with Crippen molar-refractivity contribution in [3.63, 3.8) is 0 Å². The molecule has 2 nitrogen and oxygen atoms in total. The van der Waals surface area contributed by atoms with E-state index in [4.69, 9.17) is 0 Å². The smallest absolute Gasteiger partial charge is 0.221 e. The van der Waals surface area contributed by atoms with Crippen LogP contribution in [-0.4, -0.2) is 18.2 Å². The van der Waals surface area contributed by atoms with Crippen molar-refractivity contribution in [1.82, 2.24) is 5.32 Å². The number of nitrogens with one attached hydrogen (secondary N) is 1. The van der Waals surface area contributed by atoms with Crippen LogP contribution in [0, 0.1) is 17.7 Å². The van der Waals surface area contributed by atoms with Gasteiger partial charge in [-0.05, 0) is 24.3 Å². The summed E-state index contributed by atoms with van der Waals surface area (Å²) in [6.07, 6.45) is 0.431. The van der Waals surface area contributed by atoms with E-state index in [2.05, 4.69) is 17.2 Å². The van der Waals surface area contributed by atoms with Gasteiger partial charge in [0.1, 0.15) is 5.82 Å². The molecule has 0 aromatic heterocycles. The standard InChI is InChI=1S/C18H16FNOS/c19-17-11-5-4-7-15(17)8-6-13-20-18(21)12-14-22-16-9-2-1-3-10-16/h1-5,7,9-11H,12-14H2,(H,20,21). The third-order valence-corrected chi connectivity index (χ3v) is 3.83. The third kappa shape index (κ3) is 5.63. The molecule has 0 heterocycles. The summed E-state index contributed by atoms with van der Waals surface area (Å²) in [5, 5.41) is 2.71. The highest BCUT2D eigenvalue weighted by Gasteiger charge is 2.00. The van der Waals surface area contributed by atoms with Crippen LogP contribution in [0.5, 0.6) is 0 Å². The summed E-state index contributed by atoms with van der Waals surface area (Å²) in [7, 11) is 0. The van der Waals surface area contributed by atoms with Gasteiger partial charge in [0.2, 0.25) is 5.91 Å². The van der Waals surface area contributed by atoms with Gasteiger partial charge in [0.05, 0.1) is 12.1 Å². The average Bonchev–Trinajstić information content (AvgIpc) is 2.54. The zero-order chi connectivity index (χ0) is 15.6. The maximum atomic E-state index is 13.3. The zero-order valence-electron chi connectivity index (χ0n) is 12.0. The van der Waals surface area contributed by atoms with Gasteiger partial charge in [-0.3, -0.25) is 4.79 Å². The summed E-state index contributed by atoms with van der Waals surface area (Å²) in [5.41, 5.74) is 0.344. The van der Waals surface area contributed by atoms with Gasteiger partial charge >= 0.3 is 0 Å². The van der Waals surface area contributed by atoms with Crippen molar-refractivity contribution < 1.29 is 9.18 Å². The lowest BCUT2D eigenvalue weighted by atomic mass is 10.2. The highest BCUT2D eigenvalue weighted by molar-refractivity contribution is 7.99. The Kier molecular flexibility index (Phi) is 6.53. The van der Waals surface area contributed by atoms with Crippen LogP contribution in [0.2, 0.25) is 0 Å². The first kappa shape index (κ1) is 16.1. The van der Waals surface area contributed by atoms with Crippen molar-refractivity contribution in [2.75, 3.05) is 12.3 Å². The average molecular weight is 313 g/mol. The monoisotopic (exact) mass is 313 g/mol. The van der Waals surface area contributed by atoms with E-state index in [0.717, 1.165) is 10.6 Å². The van der Waals surface area contributed by atoms with Crippen LogP contribution in [0.25, 0.3) is 0 Å². The number of thioether (sulfide) groups is 1. The topological polar surface area (TPSA) is 29.1 Å². The summed E-state index contributed by atoms with van der Waals surface area (Å²) < 4.78 is 13.3. The number of hydrogen-bond donors (Lipinski definition) is 1. The van der Waals surface area contributed by atoms with Crippen LogP contribution in [0.15, 0.2) is 59.5 Å². The lowest BCUT2D eigenvalue weighted by Gasteiger charge is -2.02. The molecule has 2 rings (SSSR count). The molecule has 0 spiro atoms. The summed E-state index contributed by atoms with van der Waals surface area (Å²) in [5.74, 6) is 5.78. The van der Waals surface area contributed by atoms with Crippen LogP contribution in [-0.2, 0) is 4.79 Å². The Balaban J connectivity index is 1.67. The maximum absolute atomic E-state index is 13.3. The van der Waals surface area contributed by atoms with Gasteiger partial charge in [-0.25, -0.2) is 4.39 Å². The molecule has 0 saturated carbocycles. The Hall–Kier alpha value is -2.25. The Labute approximate surface area is 134 Å². The molecule has 22 heavy (non-hydrogen) atoms. The van der Waals surface area contributed by atoms with E-state index in [1.807, 2.05) is 30.3 Å². The van der Waals surface area contributed by atoms with E-state index in [1.54, 1.807) is 30.0 Å². The van der Waals surface area contributed by atoms with Crippen LogP contribution in [0.3, 0.4) is 0 Å². The molecular formula is C18H16FNOS. The van der Waals surface area contributed by atoms with Crippen molar-refractivity contribution in [2.24, 2.45) is 0 Å². The fourth-order valence-corrected chi connectivity index (χ4v) is 2.58. The molecule has 2 aromatic carbocycles. The highest BCUT2D eigenvalue weighted by atomic mass is 32.2. The second kappa shape index (κ2) is 8.91. The lowest BCUT2D eigenvalue weighted by Crippen LogP contribution is -2.23. The van der Waals surface area contributed by atoms with Crippen LogP contribution >= 0.6 is 11.8 Å². The Morgan fingerprint density at radius 3 is 2.59 bits per heavy atom. The predicted molar refractivity (Wildman–Crippen MR) is 88.1 cm³/mol. The van der Waals surface area contributed by atoms with Gasteiger partial charge in [0.15, 0.2) is 0 Å². The van der Waals surface area contributed by atoms with Crippen LogP contribution in [0.4, 0.5) is 4.39 Å². The number of hydrogen-bond acceptors (Lipinski definition) is 2. The van der Waals surface area contributed by atoms with Crippen molar-refractivity contribution in [3.8, 4) is 11.8 Å². The number of benzene rings is 2. The largest absolute Gasteiger partial charge is 0.345 e. The molecule has 0 aliphatic heterocycles. The van der Waals surface area contributed by atoms with Crippen molar-refractivity contribution in [1.29, 1.82) is 0 Å². The SMILES string of the molecule is O=C(CCSc1ccccc1)NCC#Cc1ccccc1F. The number of carbonyl (C=O) groups is 1. The van der Waals surface area contributed by atoms with Gasteiger partial charge in [0.25, 0.3) is 0 Å². The van der Waals surface area contributed by atoms with E-state index < -0.39 is 0 Å². The van der Waals surface area contributed by atoms with E-state index >= 15 is 0 Å². The van der Waals surface area contributed by atoms with Gasteiger partial charge in [-0.2, -0.15) is 0 Å². The summed E-state index contributed by atoms with van der Waals surface area (Å²) in [6.45, 7) is 0.225. The number of amides is 1. The van der Waals surface area contributed by atoms with E-state index in [0.29, 0.717) is 12.0 Å². The molecule has 0 unspecified atom stereocenters. The molecule has 0 radical (unpaired) electrons. The second-order valence-electron chi connectivity index (χ2n) is 4.47. The van der Waals surface area contributed by atoms with Crippen LogP contribution in [0.1, 0.15) is 12.0 Å². The maximum Gasteiger partial charge on any atom is 0.221 e. The Morgan fingerprint density at radius 2 is 1.82 bits per heavy atom. The van der Waals surface area contributed by atoms with Crippen molar-refractivity contribution >= 4 is 17.7 Å². The highest BCUT2D eigenvalue weighted by Crippen LogP contribution is 2.17. The van der Waals surface area contributed by atoms with Gasteiger partial charge in [-0.15, -0.1) is 11.8 Å². The fourth-order valence-electron chi connectivity index (χ4n) is 1.71. The Bertz CT molecular complexity index is 676. The summed E-state index contributed by atoms with van der Waals surface area (Å²) in [4.78, 5) is 12.8. The van der Waals surface area contributed by atoms with Crippen molar-refractivity contribution in [2.45, 2.75) is 11.3 Å². The molecule has 0 aliphatic rings. The minimum Gasteiger partial charge on any atom is -0.345 e. The second-order valence-corrected chi connectivity index (χ2v) is 5.64. The molecule has 1 amide bonds. The first-order valence-corrected chi connectivity index (χ1v) is 7.92. The van der Waals surface area contributed by atoms with Gasteiger partial charge in [0, 0.05) is 17.1 Å². The number of halogens is 1. The fraction of sp³-hybridized carbons (Fsp3) is 0.167. The van der Waals surface area contributed by atoms with Crippen molar-refractivity contribution in [3.05, 3.63) is 66.0 Å². The molecule has 112 valence electrons. The lowest BCUT2D eigenvalue weighted by molar-refractivity contribution is -0.120. The molecule has 0 saturated heterocycles. The van der Waals surface area contributed by atoms with Crippen LogP contribution < -0.4 is 5.32 Å². The molecule has 1 N–H and O–H groups in total. The molecule has 0 aliphatic carbocycles. The minimum absolute atomic E-state index is 0.0498. The minimum atomic E-state index is -0.347. The first-order valence-electron chi connectivity index (χ1n) is 6.93. The van der Waals surface area contributed by atoms with E-state index in [9.17, 15) is 9.18 Å². The first-order chi connectivity index (χ1) is 10.8. The van der Waals surface area contributed by atoms with E-state index in [1.165, 1.54) is 6.07 Å². The van der Waals surface area contributed by atoms with Gasteiger partial charge in [-0.1, -0.05) is 42.2 Å².